The maximum absolute atomic E-state index is 12.6. The SMILES string of the molecule is O=[C]Nc1nc(-c2cccc(O)c2)nc2c1[nH]c(=O)n2-c1cccc(Cl)c1Cl. The Kier molecular flexibility index (Phi) is 4.50. The van der Waals surface area contributed by atoms with Gasteiger partial charge in [0.15, 0.2) is 17.3 Å². The number of aromatic nitrogens is 4. The average molecular weight is 415 g/mol. The lowest BCUT2D eigenvalue weighted by atomic mass is 10.2. The molecule has 0 unspecified atom stereocenters. The standard InChI is InChI=1S/C18H10Cl2N5O3/c19-11-5-2-6-12(13(11)20)25-17-14(22-18(25)28)16(21-8-26)23-15(24-17)9-3-1-4-10(27)7-9/h1-7,27H,(H,22,28)(H,21,23,24,26). The van der Waals surface area contributed by atoms with Crippen LogP contribution in [0.25, 0.3) is 28.2 Å². The molecule has 0 spiro atoms. The number of hydrogen-bond acceptors (Lipinski definition) is 5. The Morgan fingerprint density at radius 2 is 1.93 bits per heavy atom. The quantitative estimate of drug-likeness (QED) is 0.443. The maximum Gasteiger partial charge on any atom is 0.332 e. The molecule has 0 saturated heterocycles. The van der Waals surface area contributed by atoms with Crippen LogP contribution < -0.4 is 11.0 Å². The molecule has 2 aromatic carbocycles. The zero-order chi connectivity index (χ0) is 19.8. The summed E-state index contributed by atoms with van der Waals surface area (Å²) in [6, 6.07) is 11.1. The van der Waals surface area contributed by atoms with Crippen LogP contribution in [0.2, 0.25) is 10.0 Å². The third-order valence-electron chi connectivity index (χ3n) is 3.98. The second-order valence-electron chi connectivity index (χ2n) is 5.71. The van der Waals surface area contributed by atoms with Gasteiger partial charge in [0.2, 0.25) is 0 Å². The van der Waals surface area contributed by atoms with Gasteiger partial charge in [0.25, 0.3) is 0 Å². The fourth-order valence-corrected chi connectivity index (χ4v) is 3.17. The molecule has 139 valence electrons. The largest absolute Gasteiger partial charge is 0.508 e. The van der Waals surface area contributed by atoms with E-state index < -0.39 is 5.69 Å². The lowest BCUT2D eigenvalue weighted by Crippen LogP contribution is -2.15. The van der Waals surface area contributed by atoms with Gasteiger partial charge in [0.1, 0.15) is 11.3 Å². The Bertz CT molecular complexity index is 1280. The van der Waals surface area contributed by atoms with E-state index in [9.17, 15) is 14.7 Å². The number of phenolic OH excluding ortho intramolecular Hbond substituents is 1. The van der Waals surface area contributed by atoms with E-state index >= 15 is 0 Å². The number of hydrogen-bond donors (Lipinski definition) is 3. The number of rotatable bonds is 4. The number of phenols is 1. The van der Waals surface area contributed by atoms with Gasteiger partial charge in [-0.25, -0.2) is 19.3 Å². The number of fused-ring (bicyclic) bond motifs is 1. The van der Waals surface area contributed by atoms with E-state index in [1.54, 1.807) is 30.3 Å². The van der Waals surface area contributed by atoms with E-state index in [1.165, 1.54) is 23.1 Å². The second kappa shape index (κ2) is 6.99. The van der Waals surface area contributed by atoms with Crippen LogP contribution in [0.15, 0.2) is 47.3 Å². The summed E-state index contributed by atoms with van der Waals surface area (Å²) >= 11 is 12.4. The molecule has 0 aliphatic heterocycles. The summed E-state index contributed by atoms with van der Waals surface area (Å²) in [4.78, 5) is 34.8. The van der Waals surface area contributed by atoms with Crippen LogP contribution in [0.3, 0.4) is 0 Å². The monoisotopic (exact) mass is 414 g/mol. The summed E-state index contributed by atoms with van der Waals surface area (Å²) in [6.45, 7) is 0. The van der Waals surface area contributed by atoms with Crippen molar-refractivity contribution in [2.45, 2.75) is 0 Å². The van der Waals surface area contributed by atoms with Gasteiger partial charge in [0, 0.05) is 5.56 Å². The Labute approximate surface area is 167 Å². The van der Waals surface area contributed by atoms with Crippen molar-refractivity contribution >= 4 is 46.6 Å². The molecule has 0 saturated carbocycles. The first-order chi connectivity index (χ1) is 13.5. The lowest BCUT2D eigenvalue weighted by molar-refractivity contribution is 0.475. The molecule has 0 fully saturated rings. The van der Waals surface area contributed by atoms with Crippen LogP contribution in [0.4, 0.5) is 5.82 Å². The van der Waals surface area contributed by atoms with Crippen LogP contribution in [0, 0.1) is 0 Å². The average Bonchev–Trinajstić information content (AvgIpc) is 3.00. The number of benzene rings is 2. The van der Waals surface area contributed by atoms with E-state index in [2.05, 4.69) is 20.3 Å². The van der Waals surface area contributed by atoms with Gasteiger partial charge in [-0.05, 0) is 24.3 Å². The molecular formula is C18H10Cl2N5O3. The smallest absolute Gasteiger partial charge is 0.332 e. The topological polar surface area (TPSA) is 113 Å². The number of aromatic hydroxyl groups is 1. The van der Waals surface area contributed by atoms with Crippen LogP contribution >= 0.6 is 23.2 Å². The minimum absolute atomic E-state index is 0.0157. The molecule has 0 aliphatic carbocycles. The van der Waals surface area contributed by atoms with Crippen molar-refractivity contribution in [1.82, 2.24) is 19.5 Å². The van der Waals surface area contributed by atoms with E-state index in [-0.39, 0.29) is 38.6 Å². The van der Waals surface area contributed by atoms with Gasteiger partial charge < -0.3 is 15.4 Å². The van der Waals surface area contributed by atoms with Crippen LogP contribution in [0.5, 0.6) is 5.75 Å². The molecule has 0 atom stereocenters. The van der Waals surface area contributed by atoms with Gasteiger partial charge >= 0.3 is 12.1 Å². The first-order valence-electron chi connectivity index (χ1n) is 7.89. The predicted octanol–water partition coefficient (Wildman–Crippen LogP) is 3.27. The number of H-pyrrole nitrogens is 1. The predicted molar refractivity (Wildman–Crippen MR) is 106 cm³/mol. The highest BCUT2D eigenvalue weighted by atomic mass is 35.5. The normalized spacial score (nSPS) is 10.9. The van der Waals surface area contributed by atoms with Crippen molar-refractivity contribution in [2.75, 3.05) is 5.32 Å². The summed E-state index contributed by atoms with van der Waals surface area (Å²) in [5.74, 6) is 0.237. The molecule has 1 radical (unpaired) electrons. The van der Waals surface area contributed by atoms with Crippen molar-refractivity contribution in [3.8, 4) is 22.8 Å². The first kappa shape index (κ1) is 18.0. The molecule has 2 heterocycles. The molecule has 8 nitrogen and oxygen atoms in total. The molecule has 28 heavy (non-hydrogen) atoms. The van der Waals surface area contributed by atoms with Crippen molar-refractivity contribution in [3.05, 3.63) is 63.0 Å². The van der Waals surface area contributed by atoms with Crippen molar-refractivity contribution < 1.29 is 9.90 Å². The fourth-order valence-electron chi connectivity index (χ4n) is 2.79. The lowest BCUT2D eigenvalue weighted by Gasteiger charge is -2.09. The fraction of sp³-hybridized carbons (Fsp3) is 0. The summed E-state index contributed by atoms with van der Waals surface area (Å²) in [6.07, 6.45) is 1.54. The third kappa shape index (κ3) is 2.98. The van der Waals surface area contributed by atoms with E-state index in [4.69, 9.17) is 23.2 Å². The number of amides is 1. The summed E-state index contributed by atoms with van der Waals surface area (Å²) < 4.78 is 1.23. The molecular weight excluding hydrogens is 405 g/mol. The van der Waals surface area contributed by atoms with E-state index in [0.29, 0.717) is 11.3 Å². The number of nitrogens with one attached hydrogen (secondary N) is 2. The molecule has 4 aromatic rings. The van der Waals surface area contributed by atoms with Gasteiger partial charge in [-0.1, -0.05) is 41.4 Å². The minimum atomic E-state index is -0.546. The Morgan fingerprint density at radius 3 is 2.68 bits per heavy atom. The van der Waals surface area contributed by atoms with Crippen LogP contribution in [-0.4, -0.2) is 31.0 Å². The van der Waals surface area contributed by atoms with Crippen LogP contribution in [0.1, 0.15) is 0 Å². The number of aromatic amines is 1. The highest BCUT2D eigenvalue weighted by Crippen LogP contribution is 2.31. The highest BCUT2D eigenvalue weighted by molar-refractivity contribution is 6.43. The van der Waals surface area contributed by atoms with Crippen molar-refractivity contribution in [1.29, 1.82) is 0 Å². The first-order valence-corrected chi connectivity index (χ1v) is 8.65. The molecule has 0 aliphatic rings. The van der Waals surface area contributed by atoms with Crippen LogP contribution in [-0.2, 0) is 4.79 Å². The second-order valence-corrected chi connectivity index (χ2v) is 6.50. The van der Waals surface area contributed by atoms with Gasteiger partial charge in [-0.3, -0.25) is 4.79 Å². The van der Waals surface area contributed by atoms with Gasteiger partial charge in [-0.15, -0.1) is 0 Å². The van der Waals surface area contributed by atoms with Crippen molar-refractivity contribution in [3.63, 3.8) is 0 Å². The summed E-state index contributed by atoms with van der Waals surface area (Å²) in [5.41, 5.74) is 0.601. The Hall–Kier alpha value is -3.36. The Morgan fingerprint density at radius 1 is 1.14 bits per heavy atom. The molecule has 0 bridgehead atoms. The van der Waals surface area contributed by atoms with Gasteiger partial charge in [-0.2, -0.15) is 0 Å². The van der Waals surface area contributed by atoms with E-state index in [0.717, 1.165) is 0 Å². The maximum atomic E-state index is 12.6. The molecule has 3 N–H and O–H groups in total. The minimum Gasteiger partial charge on any atom is -0.508 e. The molecule has 4 rings (SSSR count). The summed E-state index contributed by atoms with van der Waals surface area (Å²) in [7, 11) is 0. The van der Waals surface area contributed by atoms with Gasteiger partial charge in [0.05, 0.1) is 15.7 Å². The molecule has 1 amide bonds. The third-order valence-corrected chi connectivity index (χ3v) is 4.79. The van der Waals surface area contributed by atoms with E-state index in [1.807, 2.05) is 0 Å². The number of anilines is 1. The molecule has 2 aromatic heterocycles. The number of nitrogens with zero attached hydrogens (tertiary/aromatic N) is 3. The zero-order valence-electron chi connectivity index (χ0n) is 13.9. The molecule has 10 heteroatoms. The number of imidazole rings is 1. The summed E-state index contributed by atoms with van der Waals surface area (Å²) in [5, 5.41) is 12.5. The zero-order valence-corrected chi connectivity index (χ0v) is 15.4. The number of carbonyl (C=O) groups excluding carboxylic acids is 1. The Balaban J connectivity index is 2.07. The number of halogens is 2. The van der Waals surface area contributed by atoms with Crippen molar-refractivity contribution in [2.24, 2.45) is 0 Å². The highest BCUT2D eigenvalue weighted by Gasteiger charge is 2.19.